The summed E-state index contributed by atoms with van der Waals surface area (Å²) < 4.78 is 13.1. The number of nitrogens with zero attached hydrogens (tertiary/aromatic N) is 2. The van der Waals surface area contributed by atoms with Gasteiger partial charge in [-0.25, -0.2) is 14.4 Å². The van der Waals surface area contributed by atoms with Gasteiger partial charge in [-0.2, -0.15) is 0 Å². The number of halogens is 2. The first kappa shape index (κ1) is 13.1. The normalized spacial score (nSPS) is 14.3. The second-order valence-electron chi connectivity index (χ2n) is 4.96. The van der Waals surface area contributed by atoms with Crippen molar-refractivity contribution >= 4 is 28.9 Å². The number of hydrogen-bond donors (Lipinski definition) is 2. The molecular weight excluding hydrogens is 279 g/mol. The van der Waals surface area contributed by atoms with Crippen LogP contribution in [0, 0.1) is 12.7 Å². The minimum atomic E-state index is -0.377. The van der Waals surface area contributed by atoms with E-state index >= 15 is 0 Å². The van der Waals surface area contributed by atoms with Crippen molar-refractivity contribution in [1.29, 1.82) is 0 Å². The molecule has 20 heavy (non-hydrogen) atoms. The van der Waals surface area contributed by atoms with Gasteiger partial charge in [0.05, 0.1) is 10.7 Å². The lowest BCUT2D eigenvalue weighted by molar-refractivity contribution is 0.628. The van der Waals surface area contributed by atoms with Gasteiger partial charge < -0.3 is 11.1 Å². The summed E-state index contributed by atoms with van der Waals surface area (Å²) in [7, 11) is 0. The highest BCUT2D eigenvalue weighted by molar-refractivity contribution is 6.33. The zero-order valence-electron chi connectivity index (χ0n) is 11.0. The summed E-state index contributed by atoms with van der Waals surface area (Å²) in [6.45, 7) is 1.84. The Morgan fingerprint density at radius 3 is 2.75 bits per heavy atom. The van der Waals surface area contributed by atoms with Crippen LogP contribution in [0.2, 0.25) is 5.02 Å². The largest absolute Gasteiger partial charge is 0.383 e. The van der Waals surface area contributed by atoms with Gasteiger partial charge in [0.25, 0.3) is 0 Å². The van der Waals surface area contributed by atoms with Gasteiger partial charge in [-0.15, -0.1) is 0 Å². The summed E-state index contributed by atoms with van der Waals surface area (Å²) in [5.74, 6) is 1.87. The molecule has 3 rings (SSSR count). The molecule has 0 unspecified atom stereocenters. The van der Waals surface area contributed by atoms with Crippen LogP contribution in [-0.2, 0) is 0 Å². The van der Waals surface area contributed by atoms with Crippen molar-refractivity contribution in [2.24, 2.45) is 0 Å². The first-order valence-corrected chi connectivity index (χ1v) is 6.78. The Morgan fingerprint density at radius 2 is 2.10 bits per heavy atom. The lowest BCUT2D eigenvalue weighted by Gasteiger charge is -2.13. The molecule has 4 nitrogen and oxygen atoms in total. The first-order valence-electron chi connectivity index (χ1n) is 6.40. The molecule has 0 aliphatic heterocycles. The number of aromatic nitrogens is 2. The van der Waals surface area contributed by atoms with Gasteiger partial charge >= 0.3 is 0 Å². The highest BCUT2D eigenvalue weighted by Crippen LogP contribution is 2.39. The smallest absolute Gasteiger partial charge is 0.139 e. The second kappa shape index (κ2) is 4.90. The van der Waals surface area contributed by atoms with Crippen molar-refractivity contribution in [2.45, 2.75) is 25.7 Å². The van der Waals surface area contributed by atoms with Crippen LogP contribution in [0.5, 0.6) is 0 Å². The lowest BCUT2D eigenvalue weighted by Crippen LogP contribution is -2.06. The van der Waals surface area contributed by atoms with Crippen molar-refractivity contribution in [1.82, 2.24) is 9.97 Å². The van der Waals surface area contributed by atoms with Gasteiger partial charge in [-0.05, 0) is 38.0 Å². The van der Waals surface area contributed by atoms with E-state index in [4.69, 9.17) is 17.3 Å². The molecule has 3 N–H and O–H groups in total. The van der Waals surface area contributed by atoms with Crippen LogP contribution in [0.15, 0.2) is 18.2 Å². The quantitative estimate of drug-likeness (QED) is 0.903. The Balaban J connectivity index is 1.97. The van der Waals surface area contributed by atoms with Crippen LogP contribution < -0.4 is 11.1 Å². The molecule has 6 heteroatoms. The summed E-state index contributed by atoms with van der Waals surface area (Å²) in [5, 5.41) is 3.40. The van der Waals surface area contributed by atoms with Crippen molar-refractivity contribution in [3.8, 4) is 0 Å². The lowest BCUT2D eigenvalue weighted by atomic mass is 10.2. The molecule has 1 aromatic heterocycles. The number of anilines is 3. The van der Waals surface area contributed by atoms with Crippen LogP contribution in [0.1, 0.15) is 30.1 Å². The second-order valence-corrected chi connectivity index (χ2v) is 5.37. The van der Waals surface area contributed by atoms with E-state index in [9.17, 15) is 4.39 Å². The Kier molecular flexibility index (Phi) is 3.22. The molecule has 104 valence electrons. The van der Waals surface area contributed by atoms with Crippen molar-refractivity contribution < 1.29 is 4.39 Å². The maximum absolute atomic E-state index is 13.1. The SMILES string of the molecule is Cc1c(N)nc(C2CC2)nc1Nc1ccc(F)cc1Cl. The molecule has 1 heterocycles. The number of rotatable bonds is 3. The molecule has 0 bridgehead atoms. The van der Waals surface area contributed by atoms with Gasteiger partial charge in [0.1, 0.15) is 23.3 Å². The van der Waals surface area contributed by atoms with E-state index in [0.717, 1.165) is 24.2 Å². The Bertz CT molecular complexity index is 670. The number of hydrogen-bond acceptors (Lipinski definition) is 4. The molecule has 0 amide bonds. The van der Waals surface area contributed by atoms with Crippen molar-refractivity contribution in [2.75, 3.05) is 11.1 Å². The molecule has 1 aromatic carbocycles. The highest BCUT2D eigenvalue weighted by Gasteiger charge is 2.28. The van der Waals surface area contributed by atoms with E-state index in [2.05, 4.69) is 15.3 Å². The molecule has 2 aromatic rings. The van der Waals surface area contributed by atoms with E-state index in [1.54, 1.807) is 6.07 Å². The molecule has 0 saturated heterocycles. The number of nitrogen functional groups attached to an aromatic ring is 1. The summed E-state index contributed by atoms with van der Waals surface area (Å²) in [5.41, 5.74) is 7.27. The molecule has 1 saturated carbocycles. The van der Waals surface area contributed by atoms with Crippen LogP contribution in [0.25, 0.3) is 0 Å². The molecule has 1 aliphatic carbocycles. The van der Waals surface area contributed by atoms with Gasteiger partial charge in [0.2, 0.25) is 0 Å². The fraction of sp³-hybridized carbons (Fsp3) is 0.286. The average Bonchev–Trinajstić information content (AvgIpc) is 3.22. The van der Waals surface area contributed by atoms with Crippen LogP contribution in [-0.4, -0.2) is 9.97 Å². The van der Waals surface area contributed by atoms with Crippen molar-refractivity contribution in [3.05, 3.63) is 40.4 Å². The fourth-order valence-corrected chi connectivity index (χ4v) is 2.13. The molecule has 1 aliphatic rings. The zero-order valence-corrected chi connectivity index (χ0v) is 11.7. The standard InChI is InChI=1S/C14H14ClFN4/c1-7-12(17)19-14(8-2-3-8)20-13(7)18-11-5-4-9(16)6-10(11)15/h4-6,8H,2-3H2,1H3,(H3,17,18,19,20). The third kappa shape index (κ3) is 2.54. The Hall–Kier alpha value is -1.88. The van der Waals surface area contributed by atoms with Crippen LogP contribution in [0.3, 0.4) is 0 Å². The molecule has 0 atom stereocenters. The third-order valence-corrected chi connectivity index (χ3v) is 3.64. The van der Waals surface area contributed by atoms with E-state index in [1.165, 1.54) is 12.1 Å². The van der Waals surface area contributed by atoms with E-state index in [0.29, 0.717) is 28.3 Å². The van der Waals surface area contributed by atoms with Gasteiger partial charge in [-0.1, -0.05) is 11.6 Å². The summed E-state index contributed by atoms with van der Waals surface area (Å²) in [4.78, 5) is 8.81. The van der Waals surface area contributed by atoms with E-state index in [-0.39, 0.29) is 5.82 Å². The Morgan fingerprint density at radius 1 is 1.35 bits per heavy atom. The maximum atomic E-state index is 13.1. The van der Waals surface area contributed by atoms with E-state index in [1.807, 2.05) is 6.92 Å². The predicted molar refractivity (Wildman–Crippen MR) is 77.8 cm³/mol. The van der Waals surface area contributed by atoms with E-state index < -0.39 is 0 Å². The van der Waals surface area contributed by atoms with Gasteiger partial charge in [-0.3, -0.25) is 0 Å². The summed E-state index contributed by atoms with van der Waals surface area (Å²) in [6, 6.07) is 4.17. The number of nitrogens with two attached hydrogens (primary N) is 1. The fourth-order valence-electron chi connectivity index (χ4n) is 1.92. The van der Waals surface area contributed by atoms with Gasteiger partial charge in [0.15, 0.2) is 0 Å². The topological polar surface area (TPSA) is 63.8 Å². The molecule has 0 radical (unpaired) electrons. The molecule has 1 fully saturated rings. The maximum Gasteiger partial charge on any atom is 0.139 e. The summed E-state index contributed by atoms with van der Waals surface area (Å²) >= 11 is 6.01. The molecular formula is C14H14ClFN4. The predicted octanol–water partition coefficient (Wildman–Crippen LogP) is 3.78. The van der Waals surface area contributed by atoms with Gasteiger partial charge in [0, 0.05) is 11.5 Å². The zero-order chi connectivity index (χ0) is 14.3. The minimum Gasteiger partial charge on any atom is -0.383 e. The van der Waals surface area contributed by atoms with Crippen LogP contribution in [0.4, 0.5) is 21.7 Å². The van der Waals surface area contributed by atoms with Crippen LogP contribution >= 0.6 is 11.6 Å². The number of nitrogens with one attached hydrogen (secondary N) is 1. The third-order valence-electron chi connectivity index (χ3n) is 3.33. The Labute approximate surface area is 121 Å². The van der Waals surface area contributed by atoms with Crippen molar-refractivity contribution in [3.63, 3.8) is 0 Å². The average molecular weight is 293 g/mol. The minimum absolute atomic E-state index is 0.301. The summed E-state index contributed by atoms with van der Waals surface area (Å²) in [6.07, 6.45) is 2.19. The number of benzene rings is 1. The highest BCUT2D eigenvalue weighted by atomic mass is 35.5. The first-order chi connectivity index (χ1) is 9.54. The molecule has 0 spiro atoms. The monoisotopic (exact) mass is 292 g/mol.